The Morgan fingerprint density at radius 3 is 2.57 bits per heavy atom. The van der Waals surface area contributed by atoms with Gasteiger partial charge in [0.25, 0.3) is 0 Å². The van der Waals surface area contributed by atoms with E-state index in [1.807, 2.05) is 0 Å². The Balaban J connectivity index is 1.85. The maximum Gasteiger partial charge on any atom is 0.247 e. The predicted molar refractivity (Wildman–Crippen MR) is 77.3 cm³/mol. The molecule has 2 N–H and O–H groups in total. The van der Waals surface area contributed by atoms with Crippen LogP contribution in [0.2, 0.25) is 0 Å². The van der Waals surface area contributed by atoms with Crippen LogP contribution in [0.4, 0.5) is 0 Å². The second-order valence-electron chi connectivity index (χ2n) is 4.98. The lowest BCUT2D eigenvalue weighted by Gasteiger charge is -2.26. The summed E-state index contributed by atoms with van der Waals surface area (Å²) in [6, 6.07) is 2.38. The maximum atomic E-state index is 11.9. The van der Waals surface area contributed by atoms with Crippen LogP contribution in [-0.4, -0.2) is 43.8 Å². The number of rotatable bonds is 5. The molecule has 21 heavy (non-hydrogen) atoms. The van der Waals surface area contributed by atoms with Crippen LogP contribution in [0.25, 0.3) is 0 Å². The lowest BCUT2D eigenvalue weighted by Crippen LogP contribution is -2.37. The van der Waals surface area contributed by atoms with E-state index in [0.717, 1.165) is 44.6 Å². The van der Waals surface area contributed by atoms with Crippen molar-refractivity contribution >= 4 is 15.9 Å². The number of amides is 1. The molecule has 1 aliphatic heterocycles. The summed E-state index contributed by atoms with van der Waals surface area (Å²) in [5.41, 5.74) is -0.366. The fourth-order valence-corrected chi connectivity index (χ4v) is 3.24. The van der Waals surface area contributed by atoms with E-state index in [-0.39, 0.29) is 29.3 Å². The molecule has 2 rings (SSSR count). The standard InChI is InChI=1S/C13H19N3O4S/c17-12-5-4-11(10-14-12)21(19,20)15-7-6-13(18)16-8-2-1-3-9-16/h4-5,10,15H,1-3,6-9H2,(H,14,17). The van der Waals surface area contributed by atoms with E-state index in [2.05, 4.69) is 9.71 Å². The highest BCUT2D eigenvalue weighted by Crippen LogP contribution is 2.10. The predicted octanol–water partition coefficient (Wildman–Crippen LogP) is 0.0558. The molecule has 2 heterocycles. The summed E-state index contributed by atoms with van der Waals surface area (Å²) >= 11 is 0. The minimum absolute atomic E-state index is 0.0208. The van der Waals surface area contributed by atoms with Gasteiger partial charge < -0.3 is 9.88 Å². The monoisotopic (exact) mass is 313 g/mol. The summed E-state index contributed by atoms with van der Waals surface area (Å²) in [5.74, 6) is -0.0288. The number of nitrogens with zero attached hydrogens (tertiary/aromatic N) is 1. The summed E-state index contributed by atoms with van der Waals surface area (Å²) in [6.45, 7) is 1.56. The number of hydrogen-bond donors (Lipinski definition) is 2. The minimum Gasteiger partial charge on any atom is -0.343 e. The largest absolute Gasteiger partial charge is 0.343 e. The molecule has 1 aliphatic rings. The smallest absolute Gasteiger partial charge is 0.247 e. The third-order valence-electron chi connectivity index (χ3n) is 3.41. The second kappa shape index (κ2) is 6.86. The van der Waals surface area contributed by atoms with Crippen LogP contribution in [0.1, 0.15) is 25.7 Å². The Bertz CT molecular complexity index is 627. The summed E-state index contributed by atoms with van der Waals surface area (Å²) < 4.78 is 26.3. The van der Waals surface area contributed by atoms with Gasteiger partial charge in [0.1, 0.15) is 0 Å². The van der Waals surface area contributed by atoms with Crippen molar-refractivity contribution in [1.29, 1.82) is 0 Å². The first-order valence-corrected chi connectivity index (χ1v) is 8.43. The number of H-pyrrole nitrogens is 1. The third-order valence-corrected chi connectivity index (χ3v) is 4.86. The molecular weight excluding hydrogens is 294 g/mol. The van der Waals surface area contributed by atoms with E-state index in [0.29, 0.717) is 0 Å². The summed E-state index contributed by atoms with van der Waals surface area (Å²) in [6.07, 6.45) is 4.44. The molecule has 7 nitrogen and oxygen atoms in total. The van der Waals surface area contributed by atoms with E-state index in [4.69, 9.17) is 0 Å². The summed E-state index contributed by atoms with van der Waals surface area (Å²) in [4.78, 5) is 26.9. The normalized spacial score (nSPS) is 15.9. The Hall–Kier alpha value is -1.67. The molecule has 1 aromatic heterocycles. The number of nitrogens with one attached hydrogen (secondary N) is 2. The van der Waals surface area contributed by atoms with Crippen LogP contribution in [0.3, 0.4) is 0 Å². The molecule has 0 spiro atoms. The molecule has 0 aromatic carbocycles. The highest BCUT2D eigenvalue weighted by molar-refractivity contribution is 7.89. The lowest BCUT2D eigenvalue weighted by molar-refractivity contribution is -0.131. The molecule has 0 aliphatic carbocycles. The SMILES string of the molecule is O=C(CCNS(=O)(=O)c1ccc(=O)[nH]c1)N1CCCCC1. The number of aromatic nitrogens is 1. The van der Waals surface area contributed by atoms with Crippen LogP contribution in [0, 0.1) is 0 Å². The number of pyridine rings is 1. The highest BCUT2D eigenvalue weighted by Gasteiger charge is 2.18. The third kappa shape index (κ3) is 4.40. The van der Waals surface area contributed by atoms with E-state index in [1.54, 1.807) is 4.90 Å². The van der Waals surface area contributed by atoms with Gasteiger partial charge in [0, 0.05) is 38.3 Å². The number of sulfonamides is 1. The van der Waals surface area contributed by atoms with Crippen LogP contribution in [-0.2, 0) is 14.8 Å². The van der Waals surface area contributed by atoms with Crippen molar-refractivity contribution in [2.75, 3.05) is 19.6 Å². The summed E-state index contributed by atoms with van der Waals surface area (Å²) in [7, 11) is -3.69. The van der Waals surface area contributed by atoms with Gasteiger partial charge in [-0.15, -0.1) is 0 Å². The molecule has 0 unspecified atom stereocenters. The van der Waals surface area contributed by atoms with Gasteiger partial charge in [-0.2, -0.15) is 0 Å². The highest BCUT2D eigenvalue weighted by atomic mass is 32.2. The van der Waals surface area contributed by atoms with Gasteiger partial charge >= 0.3 is 0 Å². The molecule has 0 atom stereocenters. The van der Waals surface area contributed by atoms with Crippen LogP contribution >= 0.6 is 0 Å². The molecular formula is C13H19N3O4S. The van der Waals surface area contributed by atoms with Gasteiger partial charge in [-0.25, -0.2) is 13.1 Å². The van der Waals surface area contributed by atoms with Gasteiger partial charge in [0.2, 0.25) is 21.5 Å². The number of hydrogen-bond acceptors (Lipinski definition) is 4. The van der Waals surface area contributed by atoms with E-state index < -0.39 is 10.0 Å². The molecule has 1 saturated heterocycles. The van der Waals surface area contributed by atoms with Crippen molar-refractivity contribution in [2.45, 2.75) is 30.6 Å². The number of aromatic amines is 1. The second-order valence-corrected chi connectivity index (χ2v) is 6.74. The van der Waals surface area contributed by atoms with E-state index >= 15 is 0 Å². The summed E-state index contributed by atoms with van der Waals surface area (Å²) in [5, 5.41) is 0. The van der Waals surface area contributed by atoms with Crippen LogP contribution in [0.15, 0.2) is 28.0 Å². The van der Waals surface area contributed by atoms with Crippen molar-refractivity contribution in [2.24, 2.45) is 0 Å². The topological polar surface area (TPSA) is 99.3 Å². The number of likely N-dealkylation sites (tertiary alicyclic amines) is 1. The van der Waals surface area contributed by atoms with Gasteiger partial charge in [0.05, 0.1) is 4.90 Å². The molecule has 116 valence electrons. The quantitative estimate of drug-likeness (QED) is 0.802. The zero-order valence-corrected chi connectivity index (χ0v) is 12.5. The zero-order valence-electron chi connectivity index (χ0n) is 11.7. The Labute approximate surface area is 123 Å². The van der Waals surface area contributed by atoms with Gasteiger partial charge in [0.15, 0.2) is 0 Å². The fourth-order valence-electron chi connectivity index (χ4n) is 2.24. The van der Waals surface area contributed by atoms with Crippen molar-refractivity contribution in [3.8, 4) is 0 Å². The molecule has 0 saturated carbocycles. The van der Waals surface area contributed by atoms with Crippen molar-refractivity contribution in [3.63, 3.8) is 0 Å². The molecule has 0 bridgehead atoms. The molecule has 1 fully saturated rings. The van der Waals surface area contributed by atoms with Crippen molar-refractivity contribution in [1.82, 2.24) is 14.6 Å². The number of carbonyl (C=O) groups is 1. The lowest BCUT2D eigenvalue weighted by atomic mass is 10.1. The Morgan fingerprint density at radius 2 is 1.95 bits per heavy atom. The molecule has 8 heteroatoms. The van der Waals surface area contributed by atoms with Crippen LogP contribution < -0.4 is 10.3 Å². The molecule has 1 aromatic rings. The van der Waals surface area contributed by atoms with Crippen molar-refractivity contribution in [3.05, 3.63) is 28.7 Å². The first-order valence-electron chi connectivity index (χ1n) is 6.95. The maximum absolute atomic E-state index is 11.9. The minimum atomic E-state index is -3.69. The number of piperidine rings is 1. The average Bonchev–Trinajstić information content (AvgIpc) is 2.48. The molecule has 0 radical (unpaired) electrons. The Morgan fingerprint density at radius 1 is 1.24 bits per heavy atom. The fraction of sp³-hybridized carbons (Fsp3) is 0.538. The van der Waals surface area contributed by atoms with Gasteiger partial charge in [-0.1, -0.05) is 0 Å². The Kier molecular flexibility index (Phi) is 5.13. The molecule has 1 amide bonds. The first-order chi connectivity index (χ1) is 9.99. The first kappa shape index (κ1) is 15.7. The van der Waals surface area contributed by atoms with Crippen molar-refractivity contribution < 1.29 is 13.2 Å². The van der Waals surface area contributed by atoms with E-state index in [9.17, 15) is 18.0 Å². The van der Waals surface area contributed by atoms with Crippen LogP contribution in [0.5, 0.6) is 0 Å². The zero-order chi connectivity index (χ0) is 15.3. The van der Waals surface area contributed by atoms with E-state index in [1.165, 1.54) is 6.07 Å². The average molecular weight is 313 g/mol. The van der Waals surface area contributed by atoms with Gasteiger partial charge in [-0.3, -0.25) is 9.59 Å². The number of carbonyl (C=O) groups excluding carboxylic acids is 1. The van der Waals surface area contributed by atoms with Gasteiger partial charge in [-0.05, 0) is 25.3 Å².